The first kappa shape index (κ1) is 32.9. The van der Waals surface area contributed by atoms with Gasteiger partial charge in [0, 0.05) is 52.5 Å². The zero-order valence-electron chi connectivity index (χ0n) is 17.7. The number of carbonyl (C=O) groups excluding carboxylic acids is 3. The van der Waals surface area contributed by atoms with Gasteiger partial charge in [-0.05, 0) is 63.0 Å². The average molecular weight is 475 g/mol. The monoisotopic (exact) mass is 474 g/mol. The molecule has 0 amide bonds. The number of aromatic nitrogens is 1. The Kier molecular flexibility index (Phi) is 21.0. The van der Waals surface area contributed by atoms with E-state index in [1.807, 2.05) is 18.3 Å². The quantitative estimate of drug-likeness (QED) is 0.402. The van der Waals surface area contributed by atoms with Crippen molar-refractivity contribution in [1.82, 2.24) is 9.88 Å². The van der Waals surface area contributed by atoms with Gasteiger partial charge in [0.25, 0.3) is 0 Å². The van der Waals surface area contributed by atoms with Crippen molar-refractivity contribution in [1.29, 1.82) is 0 Å². The van der Waals surface area contributed by atoms with Gasteiger partial charge in [-0.15, -0.1) is 0 Å². The Bertz CT molecular complexity index is 702. The van der Waals surface area contributed by atoms with Crippen LogP contribution in [0.25, 0.3) is 10.9 Å². The Morgan fingerprint density at radius 2 is 1.67 bits per heavy atom. The minimum Gasteiger partial charge on any atom is -0.545 e. The minimum absolute atomic E-state index is 0. The molecule has 2 unspecified atom stereocenters. The first-order valence-corrected chi connectivity index (χ1v) is 9.15. The van der Waals surface area contributed by atoms with E-state index in [9.17, 15) is 0 Å². The number of benzene rings is 1. The number of hydrogen-bond donors (Lipinski definition) is 1. The van der Waals surface area contributed by atoms with Gasteiger partial charge in [0.05, 0.1) is 5.52 Å². The molecule has 1 aliphatic rings. The van der Waals surface area contributed by atoms with Gasteiger partial charge >= 0.3 is 0 Å². The smallest absolute Gasteiger partial charge is 0.0737 e. The number of nitrogens with zero attached hydrogens (tertiary/aromatic N) is 2. The fourth-order valence-corrected chi connectivity index (χ4v) is 3.77. The van der Waals surface area contributed by atoms with Gasteiger partial charge in [0.1, 0.15) is 0 Å². The van der Waals surface area contributed by atoms with E-state index >= 15 is 0 Å². The molecule has 6 nitrogen and oxygen atoms in total. The normalized spacial score (nSPS) is 16.3. The summed E-state index contributed by atoms with van der Waals surface area (Å²) in [6, 6.07) is 7.97. The third kappa shape index (κ3) is 10.3. The maximum absolute atomic E-state index is 7.75. The van der Waals surface area contributed by atoms with E-state index in [1.54, 1.807) is 0 Å². The van der Waals surface area contributed by atoms with Crippen LogP contribution in [0.4, 0.5) is 5.69 Å². The molecule has 8 heteroatoms. The number of rotatable bonds is 5. The van der Waals surface area contributed by atoms with Crippen LogP contribution in [-0.4, -0.2) is 57.4 Å². The van der Waals surface area contributed by atoms with Crippen molar-refractivity contribution in [2.75, 3.05) is 32.5 Å². The van der Waals surface area contributed by atoms with Gasteiger partial charge in [-0.3, -0.25) is 25.4 Å². The molecule has 1 aromatic carbocycles. The fraction of sp³-hybridized carbons (Fsp3) is 0.409. The SMILES string of the molecule is CN(C)CC1CCCC1CNc1ccnc2cc(Cl)ccc12.[CH-]=O.[CH-]=O.[CH-]=O.[CH3-].[Mn]. The largest absolute Gasteiger partial charge is 0.545 e. The second-order valence-electron chi connectivity index (χ2n) is 6.61. The molecule has 1 N–H and O–H groups in total. The molecule has 2 atom stereocenters. The zero-order chi connectivity index (χ0) is 21.5. The number of nitrogens with one attached hydrogen (secondary N) is 1. The second-order valence-corrected chi connectivity index (χ2v) is 7.05. The Balaban J connectivity index is -0.000000839. The van der Waals surface area contributed by atoms with Crippen molar-refractivity contribution in [3.8, 4) is 0 Å². The first-order valence-electron chi connectivity index (χ1n) is 8.77. The van der Waals surface area contributed by atoms with Crippen LogP contribution in [0.1, 0.15) is 19.3 Å². The molecular weight excluding hydrogens is 445 g/mol. The van der Waals surface area contributed by atoms with Crippen molar-refractivity contribution in [3.05, 3.63) is 42.9 Å². The summed E-state index contributed by atoms with van der Waals surface area (Å²) < 4.78 is 0. The number of halogens is 1. The van der Waals surface area contributed by atoms with Crippen molar-refractivity contribution in [3.63, 3.8) is 0 Å². The average Bonchev–Trinajstić information content (AvgIpc) is 3.17. The molecule has 0 bridgehead atoms. The molecule has 1 radical (unpaired) electrons. The minimum atomic E-state index is 0. The van der Waals surface area contributed by atoms with Crippen LogP contribution >= 0.6 is 11.6 Å². The van der Waals surface area contributed by atoms with E-state index < -0.39 is 0 Å². The molecule has 0 spiro atoms. The van der Waals surface area contributed by atoms with Crippen molar-refractivity contribution in [2.45, 2.75) is 19.3 Å². The number of fused-ring (bicyclic) bond motifs is 1. The summed E-state index contributed by atoms with van der Waals surface area (Å²) >= 11 is 6.05. The summed E-state index contributed by atoms with van der Waals surface area (Å²) in [6.07, 6.45) is 5.90. The van der Waals surface area contributed by atoms with E-state index in [0.29, 0.717) is 0 Å². The molecule has 1 heterocycles. The van der Waals surface area contributed by atoms with Crippen LogP contribution in [0.3, 0.4) is 0 Å². The molecule has 30 heavy (non-hydrogen) atoms. The first-order chi connectivity index (χ1) is 13.6. The summed E-state index contributed by atoms with van der Waals surface area (Å²) in [5.41, 5.74) is 2.12. The second kappa shape index (κ2) is 19.2. The van der Waals surface area contributed by atoms with Crippen LogP contribution in [0.2, 0.25) is 5.02 Å². The van der Waals surface area contributed by atoms with Gasteiger partial charge in [0.2, 0.25) is 0 Å². The Hall–Kier alpha value is -1.79. The van der Waals surface area contributed by atoms with Gasteiger partial charge in [-0.25, -0.2) is 0 Å². The molecule has 1 aliphatic carbocycles. The molecule has 1 aromatic heterocycles. The van der Waals surface area contributed by atoms with E-state index in [0.717, 1.165) is 40.0 Å². The van der Waals surface area contributed by atoms with Crippen molar-refractivity contribution >= 4 is 48.6 Å². The number of pyridine rings is 1. The zero-order valence-corrected chi connectivity index (χ0v) is 19.6. The van der Waals surface area contributed by atoms with Crippen LogP contribution < -0.4 is 5.32 Å². The van der Waals surface area contributed by atoms with Crippen LogP contribution in [0.5, 0.6) is 0 Å². The standard InChI is InChI=1S/C18H24ClN3.3CHO.CH3.Mn/c1-22(2)12-14-5-3-4-13(14)11-21-17-8-9-20-18-10-15(19)6-7-16(17)18;3*1-2;;/h6-10,13-14H,3-5,11-12H2,1-2H3,(H,20,21);3*1H;1H3;/q;4*-1;. The molecule has 0 aliphatic heterocycles. The Morgan fingerprint density at radius 1 is 1.07 bits per heavy atom. The third-order valence-corrected chi connectivity index (χ3v) is 4.91. The molecule has 1 fully saturated rings. The molecule has 1 saturated carbocycles. The van der Waals surface area contributed by atoms with Crippen LogP contribution in [0.15, 0.2) is 30.5 Å². The molecular formula is C22H30ClMnN3O3-4. The third-order valence-electron chi connectivity index (χ3n) is 4.68. The number of hydrogen-bond acceptors (Lipinski definition) is 6. The van der Waals surface area contributed by atoms with Crippen molar-refractivity contribution < 1.29 is 31.5 Å². The maximum atomic E-state index is 7.75. The summed E-state index contributed by atoms with van der Waals surface area (Å²) in [4.78, 5) is 30.0. The van der Waals surface area contributed by atoms with Crippen molar-refractivity contribution in [2.24, 2.45) is 11.8 Å². The van der Waals surface area contributed by atoms with Gasteiger partial charge in [-0.1, -0.05) is 18.0 Å². The van der Waals surface area contributed by atoms with E-state index in [4.69, 9.17) is 26.0 Å². The van der Waals surface area contributed by atoms with E-state index in [1.165, 1.54) is 25.8 Å². The predicted molar refractivity (Wildman–Crippen MR) is 121 cm³/mol. The van der Waals surface area contributed by atoms with Gasteiger partial charge < -0.3 is 32.0 Å². The summed E-state index contributed by atoms with van der Waals surface area (Å²) in [5.74, 6) is 1.57. The Labute approximate surface area is 196 Å². The maximum Gasteiger partial charge on any atom is 0.0737 e. The summed E-state index contributed by atoms with van der Waals surface area (Å²) in [5, 5.41) is 5.53. The van der Waals surface area contributed by atoms with Gasteiger partial charge in [0.15, 0.2) is 0 Å². The molecule has 169 valence electrons. The summed E-state index contributed by atoms with van der Waals surface area (Å²) in [6.45, 7) is 12.0. The summed E-state index contributed by atoms with van der Waals surface area (Å²) in [7, 11) is 4.34. The fourth-order valence-electron chi connectivity index (χ4n) is 3.61. The predicted octanol–water partition coefficient (Wildman–Crippen LogP) is 3.90. The molecule has 2 aromatic rings. The van der Waals surface area contributed by atoms with E-state index in [-0.39, 0.29) is 24.5 Å². The molecule has 0 saturated heterocycles. The van der Waals surface area contributed by atoms with E-state index in [2.05, 4.69) is 61.8 Å². The number of anilines is 1. The van der Waals surface area contributed by atoms with Crippen LogP contribution in [0, 0.1) is 19.3 Å². The molecule has 3 rings (SSSR count). The Morgan fingerprint density at radius 3 is 2.27 bits per heavy atom. The van der Waals surface area contributed by atoms with Gasteiger partial charge in [-0.2, -0.15) is 0 Å². The van der Waals surface area contributed by atoms with Crippen LogP contribution in [-0.2, 0) is 31.5 Å². The topological polar surface area (TPSA) is 79.4 Å².